The summed E-state index contributed by atoms with van der Waals surface area (Å²) < 4.78 is 11.9. The number of thiophene rings is 1. The zero-order valence-corrected chi connectivity index (χ0v) is 16.7. The summed E-state index contributed by atoms with van der Waals surface area (Å²) in [6, 6.07) is 0. The van der Waals surface area contributed by atoms with Gasteiger partial charge in [0.2, 0.25) is 0 Å². The Balaban J connectivity index is 1.73. The maximum absolute atomic E-state index is 6.12. The van der Waals surface area contributed by atoms with E-state index in [0.717, 1.165) is 54.6 Å². The molecule has 2 atom stereocenters. The third-order valence-corrected chi connectivity index (χ3v) is 6.91. The predicted octanol–water partition coefficient (Wildman–Crippen LogP) is 4.25. The van der Waals surface area contributed by atoms with Crippen LogP contribution in [-0.4, -0.2) is 41.1 Å². The minimum absolute atomic E-state index is 0.0922. The van der Waals surface area contributed by atoms with E-state index in [1.165, 1.54) is 15.8 Å². The van der Waals surface area contributed by atoms with Crippen LogP contribution in [-0.2, 0) is 22.5 Å². The number of aromatic nitrogens is 2. The number of hydrogen-bond acceptors (Lipinski definition) is 7. The van der Waals surface area contributed by atoms with Gasteiger partial charge in [0.1, 0.15) is 10.6 Å². The van der Waals surface area contributed by atoms with Gasteiger partial charge in [-0.3, -0.25) is 0 Å². The molecule has 2 aromatic heterocycles. The molecule has 7 heteroatoms. The van der Waals surface area contributed by atoms with Crippen molar-refractivity contribution in [2.75, 3.05) is 24.7 Å². The smallest absolute Gasteiger partial charge is 0.190 e. The summed E-state index contributed by atoms with van der Waals surface area (Å²) in [5, 5.41) is 5.58. The van der Waals surface area contributed by atoms with Gasteiger partial charge in [0.05, 0.1) is 23.7 Å². The number of rotatable bonds is 5. The van der Waals surface area contributed by atoms with Crippen molar-refractivity contribution in [2.24, 2.45) is 0 Å². The van der Waals surface area contributed by atoms with E-state index in [9.17, 15) is 0 Å². The minimum Gasteiger partial charge on any atom is -0.376 e. The number of ether oxygens (including phenoxy) is 2. The first-order chi connectivity index (χ1) is 12.1. The topological polar surface area (TPSA) is 56.3 Å². The molecule has 0 aliphatic carbocycles. The monoisotopic (exact) mass is 379 g/mol. The molecule has 2 aliphatic heterocycles. The second-order valence-corrected chi connectivity index (χ2v) is 8.88. The molecule has 1 fully saturated rings. The first kappa shape index (κ1) is 17.5. The standard InChI is InChI=1S/C18H25N3O2S2/c1-4-18(2)8-12-13(10-23-18)25-16-14(12)15(20-17(21-16)24-3)19-9-11-6-5-7-22-11/h11H,4-10H2,1-3H3,(H,19,20,21)/t11-,18-/m0/s1. The molecule has 0 radical (unpaired) electrons. The molecule has 5 nitrogen and oxygen atoms in total. The van der Waals surface area contributed by atoms with Crippen molar-refractivity contribution in [1.82, 2.24) is 9.97 Å². The van der Waals surface area contributed by atoms with Crippen LogP contribution in [0.15, 0.2) is 5.16 Å². The summed E-state index contributed by atoms with van der Waals surface area (Å²) in [4.78, 5) is 11.9. The van der Waals surface area contributed by atoms with Gasteiger partial charge in [-0.25, -0.2) is 9.97 Å². The highest BCUT2D eigenvalue weighted by Gasteiger charge is 2.33. The largest absolute Gasteiger partial charge is 0.376 e. The molecule has 4 rings (SSSR count). The summed E-state index contributed by atoms with van der Waals surface area (Å²) in [6.07, 6.45) is 6.53. The van der Waals surface area contributed by atoms with Crippen molar-refractivity contribution in [3.63, 3.8) is 0 Å². The molecule has 1 N–H and O–H groups in total. The van der Waals surface area contributed by atoms with Gasteiger partial charge in [-0.1, -0.05) is 18.7 Å². The molecule has 1 saturated heterocycles. The van der Waals surface area contributed by atoms with Gasteiger partial charge >= 0.3 is 0 Å². The summed E-state index contributed by atoms with van der Waals surface area (Å²) in [5.74, 6) is 0.961. The van der Waals surface area contributed by atoms with Crippen molar-refractivity contribution in [3.05, 3.63) is 10.4 Å². The van der Waals surface area contributed by atoms with Crippen molar-refractivity contribution >= 4 is 39.1 Å². The van der Waals surface area contributed by atoms with Gasteiger partial charge in [-0.05, 0) is 38.0 Å². The number of fused-ring (bicyclic) bond motifs is 3. The first-order valence-corrected chi connectivity index (χ1v) is 11.0. The van der Waals surface area contributed by atoms with Gasteiger partial charge in [-0.15, -0.1) is 11.3 Å². The van der Waals surface area contributed by atoms with E-state index < -0.39 is 0 Å². The minimum atomic E-state index is -0.0922. The van der Waals surface area contributed by atoms with E-state index in [-0.39, 0.29) is 5.60 Å². The van der Waals surface area contributed by atoms with Gasteiger partial charge in [0, 0.05) is 24.4 Å². The average Bonchev–Trinajstić information content (AvgIpc) is 3.26. The summed E-state index contributed by atoms with van der Waals surface area (Å²) in [7, 11) is 0. The Morgan fingerprint density at radius 2 is 2.28 bits per heavy atom. The number of nitrogens with one attached hydrogen (secondary N) is 1. The predicted molar refractivity (Wildman–Crippen MR) is 104 cm³/mol. The highest BCUT2D eigenvalue weighted by Crippen LogP contribution is 2.42. The van der Waals surface area contributed by atoms with Crippen LogP contribution in [0.3, 0.4) is 0 Å². The molecule has 0 amide bonds. The number of nitrogens with zero attached hydrogens (tertiary/aromatic N) is 2. The fourth-order valence-corrected chi connectivity index (χ4v) is 5.04. The van der Waals surface area contributed by atoms with Gasteiger partial charge in [0.15, 0.2) is 5.16 Å². The second-order valence-electron chi connectivity index (χ2n) is 7.03. The Hall–Kier alpha value is -0.890. The highest BCUT2D eigenvalue weighted by molar-refractivity contribution is 7.98. The number of hydrogen-bond donors (Lipinski definition) is 1. The molecular weight excluding hydrogens is 354 g/mol. The van der Waals surface area contributed by atoms with Crippen molar-refractivity contribution in [2.45, 2.75) is 63.0 Å². The van der Waals surface area contributed by atoms with E-state index in [0.29, 0.717) is 12.7 Å². The molecule has 136 valence electrons. The maximum atomic E-state index is 6.12. The number of thioether (sulfide) groups is 1. The highest BCUT2D eigenvalue weighted by atomic mass is 32.2. The van der Waals surface area contributed by atoms with Crippen LogP contribution in [0.4, 0.5) is 5.82 Å². The van der Waals surface area contributed by atoms with Crippen LogP contribution in [0.5, 0.6) is 0 Å². The third kappa shape index (κ3) is 3.39. The Morgan fingerprint density at radius 1 is 1.40 bits per heavy atom. The molecular formula is C18H25N3O2S2. The van der Waals surface area contributed by atoms with Crippen molar-refractivity contribution in [3.8, 4) is 0 Å². The fraction of sp³-hybridized carbons (Fsp3) is 0.667. The van der Waals surface area contributed by atoms with E-state index >= 15 is 0 Å². The lowest BCUT2D eigenvalue weighted by Gasteiger charge is -2.33. The molecule has 4 heterocycles. The summed E-state index contributed by atoms with van der Waals surface area (Å²) >= 11 is 3.34. The normalized spacial score (nSPS) is 26.1. The lowest BCUT2D eigenvalue weighted by molar-refractivity contribution is -0.0542. The van der Waals surface area contributed by atoms with E-state index in [1.807, 2.05) is 6.26 Å². The molecule has 25 heavy (non-hydrogen) atoms. The maximum Gasteiger partial charge on any atom is 0.190 e. The van der Waals surface area contributed by atoms with Crippen LogP contribution >= 0.6 is 23.1 Å². The molecule has 0 spiro atoms. The van der Waals surface area contributed by atoms with Gasteiger partial charge in [-0.2, -0.15) is 0 Å². The van der Waals surface area contributed by atoms with Gasteiger partial charge in [0.25, 0.3) is 0 Å². The van der Waals surface area contributed by atoms with Gasteiger partial charge < -0.3 is 14.8 Å². The van der Waals surface area contributed by atoms with Crippen LogP contribution in [0, 0.1) is 0 Å². The SMILES string of the molecule is CC[C@@]1(C)Cc2c(sc3nc(SC)nc(NC[C@@H]4CCCO4)c23)CO1. The lowest BCUT2D eigenvalue weighted by atomic mass is 9.90. The fourth-order valence-electron chi connectivity index (χ4n) is 3.51. The second kappa shape index (κ2) is 7.02. The zero-order chi connectivity index (χ0) is 17.4. The number of anilines is 1. The van der Waals surface area contributed by atoms with Crippen LogP contribution in [0.25, 0.3) is 10.2 Å². The van der Waals surface area contributed by atoms with Crippen LogP contribution in [0.1, 0.15) is 43.6 Å². The van der Waals surface area contributed by atoms with E-state index in [4.69, 9.17) is 19.4 Å². The van der Waals surface area contributed by atoms with E-state index in [2.05, 4.69) is 19.2 Å². The quantitative estimate of drug-likeness (QED) is 0.619. The first-order valence-electron chi connectivity index (χ1n) is 8.97. The Bertz CT molecular complexity index is 773. The van der Waals surface area contributed by atoms with Crippen molar-refractivity contribution in [1.29, 1.82) is 0 Å². The lowest BCUT2D eigenvalue weighted by Crippen LogP contribution is -2.34. The summed E-state index contributed by atoms with van der Waals surface area (Å²) in [5.41, 5.74) is 1.28. The van der Waals surface area contributed by atoms with Crippen LogP contribution < -0.4 is 5.32 Å². The molecule has 2 aromatic rings. The van der Waals surface area contributed by atoms with Crippen molar-refractivity contribution < 1.29 is 9.47 Å². The molecule has 0 bridgehead atoms. The molecule has 0 saturated carbocycles. The van der Waals surface area contributed by atoms with Crippen LogP contribution in [0.2, 0.25) is 0 Å². The third-order valence-electron chi connectivity index (χ3n) is 5.27. The molecule has 0 unspecified atom stereocenters. The summed E-state index contributed by atoms with van der Waals surface area (Å²) in [6.45, 7) is 6.77. The Labute approximate surface area is 156 Å². The van der Waals surface area contributed by atoms with E-state index in [1.54, 1.807) is 23.1 Å². The Kier molecular flexibility index (Phi) is 4.92. The zero-order valence-electron chi connectivity index (χ0n) is 15.1. The molecule has 0 aromatic carbocycles. The average molecular weight is 380 g/mol. The molecule has 2 aliphatic rings. The Morgan fingerprint density at radius 3 is 3.00 bits per heavy atom.